The molecule has 4 nitrogen and oxygen atoms in total. The number of hydrogen-bond acceptors (Lipinski definition) is 3. The Morgan fingerprint density at radius 1 is 1.50 bits per heavy atom. The maximum absolute atomic E-state index is 11.8. The van der Waals surface area contributed by atoms with Gasteiger partial charge in [-0.1, -0.05) is 0 Å². The molecule has 2 aliphatic rings. The molecule has 4 heteroatoms. The van der Waals surface area contributed by atoms with Crippen molar-refractivity contribution in [3.8, 4) is 0 Å². The number of allylic oxidation sites excluding steroid dienone is 1. The third-order valence-corrected chi connectivity index (χ3v) is 3.53. The highest BCUT2D eigenvalue weighted by Crippen LogP contribution is 2.57. The van der Waals surface area contributed by atoms with E-state index in [2.05, 4.69) is 5.32 Å². The summed E-state index contributed by atoms with van der Waals surface area (Å²) in [6, 6.07) is 0. The standard InChI is InChI=1S/C12H17NO3/c1-2-16-11(15)9-7-12(5-6-12)4-3-10(9)13-8-14/h8H,2-7H2,1H3,(H,13,14). The number of rotatable bonds is 4. The highest BCUT2D eigenvalue weighted by Gasteiger charge is 2.46. The van der Waals surface area contributed by atoms with Gasteiger partial charge < -0.3 is 10.1 Å². The fraction of sp³-hybridized carbons (Fsp3) is 0.667. The minimum atomic E-state index is -0.266. The Morgan fingerprint density at radius 3 is 2.81 bits per heavy atom. The zero-order chi connectivity index (χ0) is 11.6. The first-order valence-corrected chi connectivity index (χ1v) is 5.80. The Bertz CT molecular complexity index is 342. The van der Waals surface area contributed by atoms with E-state index in [9.17, 15) is 9.59 Å². The van der Waals surface area contributed by atoms with Crippen LogP contribution in [0.1, 0.15) is 39.0 Å². The molecule has 1 fully saturated rings. The van der Waals surface area contributed by atoms with Gasteiger partial charge >= 0.3 is 5.97 Å². The minimum absolute atomic E-state index is 0.266. The summed E-state index contributed by atoms with van der Waals surface area (Å²) in [5, 5.41) is 2.64. The van der Waals surface area contributed by atoms with Crippen LogP contribution in [0, 0.1) is 5.41 Å². The quantitative estimate of drug-likeness (QED) is 0.580. The second kappa shape index (κ2) is 4.28. The van der Waals surface area contributed by atoms with Crippen molar-refractivity contribution in [3.05, 3.63) is 11.3 Å². The van der Waals surface area contributed by atoms with Crippen LogP contribution < -0.4 is 5.32 Å². The fourth-order valence-electron chi connectivity index (χ4n) is 2.36. The summed E-state index contributed by atoms with van der Waals surface area (Å²) in [6.45, 7) is 2.17. The molecule has 0 radical (unpaired) electrons. The Labute approximate surface area is 95.0 Å². The topological polar surface area (TPSA) is 55.4 Å². The lowest BCUT2D eigenvalue weighted by atomic mass is 9.84. The lowest BCUT2D eigenvalue weighted by Crippen LogP contribution is -2.25. The van der Waals surface area contributed by atoms with Gasteiger partial charge in [-0.3, -0.25) is 4.79 Å². The summed E-state index contributed by atoms with van der Waals surface area (Å²) >= 11 is 0. The molecule has 0 aromatic heterocycles. The number of nitrogens with one attached hydrogen (secondary N) is 1. The van der Waals surface area contributed by atoms with E-state index in [1.165, 1.54) is 12.8 Å². The molecule has 1 saturated carbocycles. The summed E-state index contributed by atoms with van der Waals surface area (Å²) in [4.78, 5) is 22.2. The maximum atomic E-state index is 11.8. The molecule has 0 heterocycles. The number of hydrogen-bond donors (Lipinski definition) is 1. The van der Waals surface area contributed by atoms with E-state index >= 15 is 0 Å². The summed E-state index contributed by atoms with van der Waals surface area (Å²) in [5.41, 5.74) is 1.78. The van der Waals surface area contributed by atoms with Gasteiger partial charge in [-0.05, 0) is 44.4 Å². The van der Waals surface area contributed by atoms with Crippen molar-refractivity contribution < 1.29 is 14.3 Å². The SMILES string of the molecule is CCOC(=O)C1=C(NC=O)CCC2(CC2)C1. The Kier molecular flexibility index (Phi) is 2.99. The van der Waals surface area contributed by atoms with Crippen LogP contribution in [0.25, 0.3) is 0 Å². The molecule has 2 rings (SSSR count). The molecule has 0 bridgehead atoms. The van der Waals surface area contributed by atoms with Crippen LogP contribution in [0.2, 0.25) is 0 Å². The van der Waals surface area contributed by atoms with Crippen molar-refractivity contribution in [2.75, 3.05) is 6.61 Å². The monoisotopic (exact) mass is 223 g/mol. The first-order valence-electron chi connectivity index (χ1n) is 5.80. The number of esters is 1. The van der Waals surface area contributed by atoms with Crippen LogP contribution in [-0.2, 0) is 14.3 Å². The molecule has 16 heavy (non-hydrogen) atoms. The van der Waals surface area contributed by atoms with Crippen LogP contribution in [0.4, 0.5) is 0 Å². The molecule has 1 spiro atoms. The first kappa shape index (κ1) is 11.2. The summed E-state index contributed by atoms with van der Waals surface area (Å²) < 4.78 is 5.03. The van der Waals surface area contributed by atoms with E-state index in [-0.39, 0.29) is 5.97 Å². The highest BCUT2D eigenvalue weighted by atomic mass is 16.5. The molecule has 0 aromatic carbocycles. The predicted molar refractivity (Wildman–Crippen MR) is 58.4 cm³/mol. The Balaban J connectivity index is 2.17. The van der Waals surface area contributed by atoms with Crippen LogP contribution in [-0.4, -0.2) is 19.0 Å². The second-order valence-electron chi connectivity index (χ2n) is 4.62. The molecule has 0 saturated heterocycles. The highest BCUT2D eigenvalue weighted by molar-refractivity contribution is 5.90. The van der Waals surface area contributed by atoms with Gasteiger partial charge in [0.25, 0.3) is 0 Å². The third-order valence-electron chi connectivity index (χ3n) is 3.53. The molecule has 0 aliphatic heterocycles. The van der Waals surface area contributed by atoms with E-state index in [1.807, 2.05) is 0 Å². The van der Waals surface area contributed by atoms with Crippen molar-refractivity contribution in [1.82, 2.24) is 5.32 Å². The number of ether oxygens (including phenoxy) is 1. The summed E-state index contributed by atoms with van der Waals surface area (Å²) in [5.74, 6) is -0.266. The van der Waals surface area contributed by atoms with Crippen molar-refractivity contribution in [2.45, 2.75) is 39.0 Å². The number of carbonyl (C=O) groups is 2. The lowest BCUT2D eigenvalue weighted by molar-refractivity contribution is -0.139. The number of carbonyl (C=O) groups excluding carboxylic acids is 2. The summed E-state index contributed by atoms with van der Waals surface area (Å²) in [7, 11) is 0. The van der Waals surface area contributed by atoms with Crippen LogP contribution in [0.15, 0.2) is 11.3 Å². The van der Waals surface area contributed by atoms with E-state index < -0.39 is 0 Å². The zero-order valence-corrected chi connectivity index (χ0v) is 9.54. The molecular weight excluding hydrogens is 206 g/mol. The zero-order valence-electron chi connectivity index (χ0n) is 9.54. The molecule has 88 valence electrons. The van der Waals surface area contributed by atoms with E-state index in [1.54, 1.807) is 6.92 Å². The molecule has 1 amide bonds. The average Bonchev–Trinajstić information content (AvgIpc) is 3.02. The molecule has 1 N–H and O–H groups in total. The average molecular weight is 223 g/mol. The lowest BCUT2D eigenvalue weighted by Gasteiger charge is -2.25. The predicted octanol–water partition coefficient (Wildman–Crippen LogP) is 1.51. The van der Waals surface area contributed by atoms with Crippen LogP contribution >= 0.6 is 0 Å². The van der Waals surface area contributed by atoms with Gasteiger partial charge in [-0.25, -0.2) is 4.79 Å². The van der Waals surface area contributed by atoms with Gasteiger partial charge in [0.05, 0.1) is 12.2 Å². The Morgan fingerprint density at radius 2 is 2.25 bits per heavy atom. The van der Waals surface area contributed by atoms with Gasteiger partial charge in [0.1, 0.15) is 0 Å². The van der Waals surface area contributed by atoms with Crippen molar-refractivity contribution in [1.29, 1.82) is 0 Å². The van der Waals surface area contributed by atoms with Gasteiger partial charge in [0, 0.05) is 5.70 Å². The maximum Gasteiger partial charge on any atom is 0.335 e. The molecular formula is C12H17NO3. The Hall–Kier alpha value is -1.32. The van der Waals surface area contributed by atoms with Gasteiger partial charge in [0.2, 0.25) is 6.41 Å². The van der Waals surface area contributed by atoms with Crippen LogP contribution in [0.3, 0.4) is 0 Å². The van der Waals surface area contributed by atoms with Gasteiger partial charge in [-0.2, -0.15) is 0 Å². The molecule has 0 atom stereocenters. The van der Waals surface area contributed by atoms with Gasteiger partial charge in [-0.15, -0.1) is 0 Å². The first-order chi connectivity index (χ1) is 7.71. The van der Waals surface area contributed by atoms with Crippen molar-refractivity contribution in [3.63, 3.8) is 0 Å². The van der Waals surface area contributed by atoms with Gasteiger partial charge in [0.15, 0.2) is 0 Å². The largest absolute Gasteiger partial charge is 0.463 e. The van der Waals surface area contributed by atoms with Crippen LogP contribution in [0.5, 0.6) is 0 Å². The van der Waals surface area contributed by atoms with E-state index in [0.29, 0.717) is 24.0 Å². The van der Waals surface area contributed by atoms with Crippen molar-refractivity contribution >= 4 is 12.4 Å². The molecule has 0 aromatic rings. The normalized spacial score (nSPS) is 21.8. The van der Waals surface area contributed by atoms with Crippen molar-refractivity contribution in [2.24, 2.45) is 5.41 Å². The molecule has 2 aliphatic carbocycles. The smallest absolute Gasteiger partial charge is 0.335 e. The minimum Gasteiger partial charge on any atom is -0.463 e. The second-order valence-corrected chi connectivity index (χ2v) is 4.62. The summed E-state index contributed by atoms with van der Waals surface area (Å²) in [6.07, 6.45) is 5.66. The fourth-order valence-corrected chi connectivity index (χ4v) is 2.36. The van der Waals surface area contributed by atoms with E-state index in [4.69, 9.17) is 4.74 Å². The number of amides is 1. The molecule has 0 unspecified atom stereocenters. The van der Waals surface area contributed by atoms with E-state index in [0.717, 1.165) is 25.0 Å². The third kappa shape index (κ3) is 2.10.